The van der Waals surface area contributed by atoms with E-state index < -0.39 is 0 Å². The second-order valence-corrected chi connectivity index (χ2v) is 4.84. The quantitative estimate of drug-likeness (QED) is 0.766. The number of nitriles is 1. The molecule has 0 aliphatic carbocycles. The third-order valence-corrected chi connectivity index (χ3v) is 3.06. The molecule has 5 heteroatoms. The number of hydrogen-bond donors (Lipinski definition) is 0. The normalized spacial score (nSPS) is 10.3. The summed E-state index contributed by atoms with van der Waals surface area (Å²) in [5.41, 5.74) is 1.01. The average molecular weight is 277 g/mol. The molecule has 1 rings (SSSR count). The molecule has 1 aromatic carbocycles. The molecule has 1 amide bonds. The highest BCUT2D eigenvalue weighted by Crippen LogP contribution is 2.06. The highest BCUT2D eigenvalue weighted by Gasteiger charge is 2.09. The summed E-state index contributed by atoms with van der Waals surface area (Å²) >= 11 is 0. The summed E-state index contributed by atoms with van der Waals surface area (Å²) in [6, 6.07) is 8.38. The van der Waals surface area contributed by atoms with Crippen molar-refractivity contribution in [2.24, 2.45) is 0 Å². The fourth-order valence-electron chi connectivity index (χ4n) is 1.80. The van der Waals surface area contributed by atoms with Gasteiger partial charge < -0.3 is 9.80 Å². The number of hydrogen-bond acceptors (Lipinski definition) is 3. The van der Waals surface area contributed by atoms with Crippen LogP contribution < -0.4 is 0 Å². The number of nitrogens with zero attached hydrogens (tertiary/aromatic N) is 3. The molecule has 0 aromatic heterocycles. The van der Waals surface area contributed by atoms with Crippen molar-refractivity contribution < 1.29 is 9.18 Å². The highest BCUT2D eigenvalue weighted by molar-refractivity contribution is 5.76. The predicted molar refractivity (Wildman–Crippen MR) is 75.2 cm³/mol. The van der Waals surface area contributed by atoms with Gasteiger partial charge in [-0.25, -0.2) is 4.39 Å². The van der Waals surface area contributed by atoms with E-state index in [1.54, 1.807) is 24.1 Å². The van der Waals surface area contributed by atoms with Crippen molar-refractivity contribution in [2.75, 3.05) is 27.2 Å². The van der Waals surface area contributed by atoms with E-state index in [2.05, 4.69) is 0 Å². The summed E-state index contributed by atoms with van der Waals surface area (Å²) in [6.45, 7) is 1.78. The fraction of sp³-hybridized carbons (Fsp3) is 0.467. The molecule has 0 saturated heterocycles. The summed E-state index contributed by atoms with van der Waals surface area (Å²) in [6.07, 6.45) is 0.771. The van der Waals surface area contributed by atoms with Gasteiger partial charge in [-0.05, 0) is 24.7 Å². The summed E-state index contributed by atoms with van der Waals surface area (Å²) in [7, 11) is 3.63. The van der Waals surface area contributed by atoms with Gasteiger partial charge in [0.15, 0.2) is 0 Å². The molecular weight excluding hydrogens is 257 g/mol. The molecule has 0 aliphatic rings. The van der Waals surface area contributed by atoms with Crippen LogP contribution in [0.2, 0.25) is 0 Å². The molecule has 0 heterocycles. The number of rotatable bonds is 7. The van der Waals surface area contributed by atoms with Gasteiger partial charge in [-0.2, -0.15) is 5.26 Å². The molecule has 0 N–H and O–H groups in total. The van der Waals surface area contributed by atoms with Crippen LogP contribution in [0.15, 0.2) is 24.3 Å². The van der Waals surface area contributed by atoms with Gasteiger partial charge in [-0.15, -0.1) is 0 Å². The number of carbonyl (C=O) groups is 1. The smallest absolute Gasteiger partial charge is 0.223 e. The van der Waals surface area contributed by atoms with E-state index in [9.17, 15) is 9.18 Å². The van der Waals surface area contributed by atoms with Crippen LogP contribution in [0.4, 0.5) is 4.39 Å². The Hall–Kier alpha value is -1.93. The highest BCUT2D eigenvalue weighted by atomic mass is 19.1. The Bertz CT molecular complexity index is 467. The molecule has 0 fully saturated rings. The Kier molecular flexibility index (Phi) is 6.68. The van der Waals surface area contributed by atoms with Crippen molar-refractivity contribution in [3.8, 4) is 6.07 Å². The van der Waals surface area contributed by atoms with E-state index in [-0.39, 0.29) is 11.7 Å². The van der Waals surface area contributed by atoms with Crippen LogP contribution in [0.1, 0.15) is 18.4 Å². The van der Waals surface area contributed by atoms with Crippen molar-refractivity contribution in [1.29, 1.82) is 5.26 Å². The second-order valence-electron chi connectivity index (χ2n) is 4.84. The Labute approximate surface area is 119 Å². The zero-order valence-corrected chi connectivity index (χ0v) is 12.0. The van der Waals surface area contributed by atoms with E-state index in [0.29, 0.717) is 32.5 Å². The maximum Gasteiger partial charge on any atom is 0.223 e. The second kappa shape index (κ2) is 8.28. The lowest BCUT2D eigenvalue weighted by Crippen LogP contribution is -2.31. The number of carbonyl (C=O) groups excluding carboxylic acids is 1. The number of benzene rings is 1. The number of amides is 1. The van der Waals surface area contributed by atoms with Crippen LogP contribution in [0, 0.1) is 17.1 Å². The van der Waals surface area contributed by atoms with Crippen molar-refractivity contribution in [3.05, 3.63) is 35.6 Å². The first kappa shape index (κ1) is 16.1. The van der Waals surface area contributed by atoms with Gasteiger partial charge in [0.1, 0.15) is 5.82 Å². The molecule has 0 aliphatic heterocycles. The Morgan fingerprint density at radius 2 is 1.90 bits per heavy atom. The molecule has 0 saturated carbocycles. The van der Waals surface area contributed by atoms with Gasteiger partial charge in [-0.1, -0.05) is 12.1 Å². The van der Waals surface area contributed by atoms with Gasteiger partial charge in [-0.3, -0.25) is 4.79 Å². The van der Waals surface area contributed by atoms with Gasteiger partial charge in [0.05, 0.1) is 12.5 Å². The third kappa shape index (κ3) is 5.81. The van der Waals surface area contributed by atoms with Crippen LogP contribution in [-0.2, 0) is 11.3 Å². The number of halogens is 1. The van der Waals surface area contributed by atoms with Crippen LogP contribution in [0.25, 0.3) is 0 Å². The van der Waals surface area contributed by atoms with Crippen molar-refractivity contribution >= 4 is 5.91 Å². The Morgan fingerprint density at radius 1 is 1.25 bits per heavy atom. The van der Waals surface area contributed by atoms with Gasteiger partial charge in [0.2, 0.25) is 5.91 Å². The third-order valence-electron chi connectivity index (χ3n) is 3.06. The van der Waals surface area contributed by atoms with Crippen LogP contribution >= 0.6 is 0 Å². The molecule has 0 atom stereocenters. The monoisotopic (exact) mass is 277 g/mol. The summed E-state index contributed by atoms with van der Waals surface area (Å²) in [5, 5.41) is 8.48. The van der Waals surface area contributed by atoms with E-state index in [1.165, 1.54) is 12.1 Å². The van der Waals surface area contributed by atoms with E-state index in [1.807, 2.05) is 18.0 Å². The minimum atomic E-state index is -0.245. The molecule has 20 heavy (non-hydrogen) atoms. The van der Waals surface area contributed by atoms with Crippen LogP contribution in [0.5, 0.6) is 0 Å². The van der Waals surface area contributed by atoms with E-state index in [0.717, 1.165) is 5.56 Å². The first-order valence-corrected chi connectivity index (χ1v) is 6.57. The zero-order valence-electron chi connectivity index (χ0n) is 12.0. The van der Waals surface area contributed by atoms with Gasteiger partial charge in [0.25, 0.3) is 0 Å². The minimum absolute atomic E-state index is 0.0335. The lowest BCUT2D eigenvalue weighted by molar-refractivity contribution is -0.130. The summed E-state index contributed by atoms with van der Waals surface area (Å²) < 4.78 is 12.8. The van der Waals surface area contributed by atoms with E-state index >= 15 is 0 Å². The minimum Gasteiger partial charge on any atom is -0.345 e. The van der Waals surface area contributed by atoms with Gasteiger partial charge in [0, 0.05) is 33.1 Å². The predicted octanol–water partition coefficient (Wildman–Crippen LogP) is 2.02. The van der Waals surface area contributed by atoms with E-state index in [4.69, 9.17) is 5.26 Å². The maximum atomic E-state index is 12.8. The maximum absolute atomic E-state index is 12.8. The molecule has 1 aromatic rings. The average Bonchev–Trinajstić information content (AvgIpc) is 2.44. The topological polar surface area (TPSA) is 47.3 Å². The van der Waals surface area contributed by atoms with Crippen LogP contribution in [0.3, 0.4) is 0 Å². The molecule has 0 bridgehead atoms. The standard InChI is InChI=1S/C15H20FN3O/c1-18(12-13-4-6-14(16)7-5-13)11-8-15(20)19(2)10-3-9-17/h4-7H,3,8,10-12H2,1-2H3. The Morgan fingerprint density at radius 3 is 2.50 bits per heavy atom. The summed E-state index contributed by atoms with van der Waals surface area (Å²) in [5.74, 6) is -0.211. The zero-order chi connectivity index (χ0) is 15.0. The first-order valence-electron chi connectivity index (χ1n) is 6.57. The first-order chi connectivity index (χ1) is 9.52. The van der Waals surface area contributed by atoms with Crippen molar-refractivity contribution in [1.82, 2.24) is 9.80 Å². The van der Waals surface area contributed by atoms with Gasteiger partial charge >= 0.3 is 0 Å². The molecule has 0 radical (unpaired) electrons. The largest absolute Gasteiger partial charge is 0.345 e. The lowest BCUT2D eigenvalue weighted by Gasteiger charge is -2.19. The Balaban J connectivity index is 2.32. The van der Waals surface area contributed by atoms with Crippen molar-refractivity contribution in [3.63, 3.8) is 0 Å². The molecule has 0 spiro atoms. The van der Waals surface area contributed by atoms with Crippen LogP contribution in [-0.4, -0.2) is 42.9 Å². The molecule has 4 nitrogen and oxygen atoms in total. The lowest BCUT2D eigenvalue weighted by atomic mass is 10.2. The fourth-order valence-corrected chi connectivity index (χ4v) is 1.80. The molecule has 0 unspecified atom stereocenters. The molecule has 108 valence electrons. The summed E-state index contributed by atoms with van der Waals surface area (Å²) in [4.78, 5) is 15.4. The van der Waals surface area contributed by atoms with Crippen molar-refractivity contribution in [2.45, 2.75) is 19.4 Å². The molecular formula is C15H20FN3O. The SMILES string of the molecule is CN(CCC(=O)N(C)CCC#N)Cc1ccc(F)cc1.